The fraction of sp³-hybridized carbons (Fsp3) is 0.167. The molecule has 4 aromatic rings. The molecule has 1 aromatic heterocycles. The van der Waals surface area contributed by atoms with Gasteiger partial charge < -0.3 is 0 Å². The fourth-order valence-corrected chi connectivity index (χ4v) is 4.58. The number of ketones is 1. The third kappa shape index (κ3) is 3.33. The topological polar surface area (TPSA) is 60.7 Å². The minimum Gasteiger partial charge on any atom is -0.293 e. The van der Waals surface area contributed by atoms with Crippen LogP contribution < -0.4 is 0 Å². The normalized spacial score (nSPS) is 11.9. The predicted octanol–water partition coefficient (Wildman–Crippen LogP) is 4.83. The quantitative estimate of drug-likeness (QED) is 0.306. The van der Waals surface area contributed by atoms with Crippen molar-refractivity contribution in [1.29, 1.82) is 0 Å². The first-order chi connectivity index (χ1) is 14.6. The predicted molar refractivity (Wildman–Crippen MR) is 118 cm³/mol. The molecule has 0 saturated carbocycles. The molecule has 0 spiro atoms. The number of hydrogen-bond acceptors (Lipinski definition) is 5. The summed E-state index contributed by atoms with van der Waals surface area (Å²) in [7, 11) is 0. The van der Waals surface area contributed by atoms with E-state index in [-0.39, 0.29) is 11.5 Å². The highest BCUT2D eigenvalue weighted by Gasteiger charge is 2.20. The first kappa shape index (κ1) is 18.8. The molecule has 3 aromatic carbocycles. The van der Waals surface area contributed by atoms with Crippen LogP contribution in [0.1, 0.15) is 32.6 Å². The average Bonchev–Trinajstić information content (AvgIpc) is 3.38. The third-order valence-corrected chi connectivity index (χ3v) is 6.55. The Hall–Kier alpha value is -3.25. The maximum atomic E-state index is 12.9. The fourth-order valence-electron chi connectivity index (χ4n) is 3.80. The van der Waals surface area contributed by atoms with Crippen LogP contribution in [-0.2, 0) is 6.42 Å². The van der Waals surface area contributed by atoms with Gasteiger partial charge >= 0.3 is 0 Å². The van der Waals surface area contributed by atoms with Crippen molar-refractivity contribution in [1.82, 2.24) is 20.2 Å². The molecule has 0 saturated heterocycles. The highest BCUT2D eigenvalue weighted by molar-refractivity contribution is 7.99. The first-order valence-electron chi connectivity index (χ1n) is 9.83. The zero-order valence-corrected chi connectivity index (χ0v) is 17.6. The van der Waals surface area contributed by atoms with E-state index in [1.54, 1.807) is 4.68 Å². The van der Waals surface area contributed by atoms with E-state index in [4.69, 9.17) is 0 Å². The van der Waals surface area contributed by atoms with Gasteiger partial charge in [0.15, 0.2) is 5.78 Å². The molecule has 5 rings (SSSR count). The lowest BCUT2D eigenvalue weighted by atomic mass is 10.0. The van der Waals surface area contributed by atoms with Gasteiger partial charge in [-0.1, -0.05) is 54.2 Å². The van der Waals surface area contributed by atoms with Gasteiger partial charge in [-0.2, -0.15) is 4.68 Å². The second kappa shape index (κ2) is 7.54. The van der Waals surface area contributed by atoms with Gasteiger partial charge in [-0.25, -0.2) is 0 Å². The summed E-state index contributed by atoms with van der Waals surface area (Å²) in [6.45, 7) is 4.13. The number of carbonyl (C=O) groups is 1. The summed E-state index contributed by atoms with van der Waals surface area (Å²) in [4.78, 5) is 12.9. The molecule has 0 N–H and O–H groups in total. The van der Waals surface area contributed by atoms with E-state index < -0.39 is 0 Å². The zero-order valence-electron chi connectivity index (χ0n) is 16.8. The SMILES string of the molecule is Cc1ccc(-n2nnnc2SCC(=O)c2ccc3c(c2)-c2ccccc2C3)cc1C. The van der Waals surface area contributed by atoms with Crippen molar-refractivity contribution in [3.8, 4) is 16.8 Å². The maximum absolute atomic E-state index is 12.9. The summed E-state index contributed by atoms with van der Waals surface area (Å²) in [5.41, 5.74) is 9.01. The van der Waals surface area contributed by atoms with E-state index in [0.717, 1.165) is 17.7 Å². The van der Waals surface area contributed by atoms with Gasteiger partial charge in [0.1, 0.15) is 0 Å². The number of hydrogen-bond donors (Lipinski definition) is 0. The van der Waals surface area contributed by atoms with E-state index in [1.165, 1.54) is 45.1 Å². The van der Waals surface area contributed by atoms with Gasteiger partial charge in [-0.3, -0.25) is 4.79 Å². The molecule has 148 valence electrons. The molecule has 6 heteroatoms. The number of benzene rings is 3. The smallest absolute Gasteiger partial charge is 0.214 e. The second-order valence-electron chi connectivity index (χ2n) is 7.56. The lowest BCUT2D eigenvalue weighted by molar-refractivity contribution is 0.102. The molecule has 1 aliphatic rings. The number of rotatable bonds is 5. The number of thioether (sulfide) groups is 1. The van der Waals surface area contributed by atoms with Gasteiger partial charge in [0.2, 0.25) is 5.16 Å². The van der Waals surface area contributed by atoms with Crippen LogP contribution in [0, 0.1) is 13.8 Å². The molecular formula is C24H20N4OS. The molecule has 30 heavy (non-hydrogen) atoms. The number of aryl methyl sites for hydroxylation is 2. The molecule has 0 fully saturated rings. The zero-order chi connectivity index (χ0) is 20.7. The van der Waals surface area contributed by atoms with Gasteiger partial charge in [0, 0.05) is 5.56 Å². The summed E-state index contributed by atoms with van der Waals surface area (Å²) in [6.07, 6.45) is 0.930. The van der Waals surface area contributed by atoms with Gasteiger partial charge in [-0.15, -0.1) is 5.10 Å². The Labute approximate surface area is 179 Å². The second-order valence-corrected chi connectivity index (χ2v) is 8.50. The van der Waals surface area contributed by atoms with Crippen LogP contribution in [0.15, 0.2) is 65.8 Å². The van der Waals surface area contributed by atoms with Crippen molar-refractivity contribution in [2.75, 3.05) is 5.75 Å². The molecule has 0 amide bonds. The lowest BCUT2D eigenvalue weighted by Gasteiger charge is -2.07. The number of aromatic nitrogens is 4. The molecule has 0 radical (unpaired) electrons. The van der Waals surface area contributed by atoms with E-state index >= 15 is 0 Å². The minimum absolute atomic E-state index is 0.0711. The molecule has 0 atom stereocenters. The van der Waals surface area contributed by atoms with E-state index in [9.17, 15) is 4.79 Å². The summed E-state index contributed by atoms with van der Waals surface area (Å²) < 4.78 is 1.68. The van der Waals surface area contributed by atoms with Crippen molar-refractivity contribution in [3.63, 3.8) is 0 Å². The summed E-state index contributed by atoms with van der Waals surface area (Å²) >= 11 is 1.36. The van der Waals surface area contributed by atoms with Crippen LogP contribution in [0.4, 0.5) is 0 Å². The Kier molecular flexibility index (Phi) is 4.71. The third-order valence-electron chi connectivity index (χ3n) is 5.63. The Morgan fingerprint density at radius 3 is 2.67 bits per heavy atom. The Morgan fingerprint density at radius 2 is 1.80 bits per heavy atom. The van der Waals surface area contributed by atoms with Crippen LogP contribution in [-0.4, -0.2) is 31.7 Å². The molecule has 1 aliphatic carbocycles. The number of tetrazole rings is 1. The Bertz CT molecular complexity index is 1280. The van der Waals surface area contributed by atoms with Crippen LogP contribution >= 0.6 is 11.8 Å². The average molecular weight is 413 g/mol. The molecule has 5 nitrogen and oxygen atoms in total. The number of Topliss-reactive ketones (excluding diaryl/α,β-unsaturated/α-hetero) is 1. The highest BCUT2D eigenvalue weighted by atomic mass is 32.2. The van der Waals surface area contributed by atoms with Gasteiger partial charge in [0.25, 0.3) is 0 Å². The molecule has 0 unspecified atom stereocenters. The summed E-state index contributed by atoms with van der Waals surface area (Å²) in [6, 6.07) is 20.5. The lowest BCUT2D eigenvalue weighted by Crippen LogP contribution is -2.05. The highest BCUT2D eigenvalue weighted by Crippen LogP contribution is 2.37. The minimum atomic E-state index is 0.0711. The van der Waals surface area contributed by atoms with Crippen molar-refractivity contribution >= 4 is 17.5 Å². The number of fused-ring (bicyclic) bond motifs is 3. The standard InChI is InChI=1S/C24H20N4OS/c1-15-7-10-20(11-16(15)2)28-24(25-26-27-28)30-14-23(29)19-9-8-18-12-17-5-3-4-6-21(17)22(18)13-19/h3-11,13H,12,14H2,1-2H3. The number of carbonyl (C=O) groups excluding carboxylic acids is 1. The first-order valence-corrected chi connectivity index (χ1v) is 10.8. The van der Waals surface area contributed by atoms with Gasteiger partial charge in [-0.05, 0) is 82.3 Å². The molecule has 0 aliphatic heterocycles. The van der Waals surface area contributed by atoms with Crippen LogP contribution in [0.5, 0.6) is 0 Å². The molecule has 0 bridgehead atoms. The summed E-state index contributed by atoms with van der Waals surface area (Å²) in [5, 5.41) is 12.6. The van der Waals surface area contributed by atoms with E-state index in [1.807, 2.05) is 30.3 Å². The van der Waals surface area contributed by atoms with Crippen molar-refractivity contribution < 1.29 is 4.79 Å². The number of nitrogens with zero attached hydrogens (tertiary/aromatic N) is 4. The van der Waals surface area contributed by atoms with E-state index in [2.05, 4.69) is 59.7 Å². The molecular weight excluding hydrogens is 392 g/mol. The largest absolute Gasteiger partial charge is 0.293 e. The summed E-state index contributed by atoms with van der Waals surface area (Å²) in [5.74, 6) is 0.355. The van der Waals surface area contributed by atoms with Crippen molar-refractivity contribution in [3.05, 3.63) is 88.5 Å². The monoisotopic (exact) mass is 412 g/mol. The maximum Gasteiger partial charge on any atom is 0.214 e. The van der Waals surface area contributed by atoms with Gasteiger partial charge in [0.05, 0.1) is 11.4 Å². The Balaban J connectivity index is 1.35. The van der Waals surface area contributed by atoms with Crippen molar-refractivity contribution in [2.24, 2.45) is 0 Å². The Morgan fingerprint density at radius 1 is 0.967 bits per heavy atom. The van der Waals surface area contributed by atoms with Crippen LogP contribution in [0.25, 0.3) is 16.8 Å². The van der Waals surface area contributed by atoms with Crippen molar-refractivity contribution in [2.45, 2.75) is 25.4 Å². The van der Waals surface area contributed by atoms with E-state index in [0.29, 0.717) is 5.16 Å². The van der Waals surface area contributed by atoms with Crippen LogP contribution in [0.3, 0.4) is 0 Å². The molecule has 1 heterocycles. The van der Waals surface area contributed by atoms with Crippen LogP contribution in [0.2, 0.25) is 0 Å².